The predicted octanol–water partition coefficient (Wildman–Crippen LogP) is 3.63. The third kappa shape index (κ3) is 3.37. The van der Waals surface area contributed by atoms with Crippen molar-refractivity contribution in [2.24, 2.45) is 11.3 Å². The number of fused-ring (bicyclic) bond motifs is 4. The van der Waals surface area contributed by atoms with Crippen molar-refractivity contribution in [3.8, 4) is 11.1 Å². The molecule has 0 spiro atoms. The van der Waals surface area contributed by atoms with Crippen LogP contribution in [0.2, 0.25) is 0 Å². The maximum Gasteiger partial charge on any atom is 0.407 e. The van der Waals surface area contributed by atoms with Gasteiger partial charge in [0.1, 0.15) is 12.1 Å². The molecule has 7 heteroatoms. The number of carbonyl (C=O) groups excluding carboxylic acids is 2. The van der Waals surface area contributed by atoms with Crippen molar-refractivity contribution in [3.05, 3.63) is 59.7 Å². The van der Waals surface area contributed by atoms with Crippen LogP contribution in [0.15, 0.2) is 48.5 Å². The summed E-state index contributed by atoms with van der Waals surface area (Å²) < 4.78 is 5.53. The average Bonchev–Trinajstić information content (AvgIpc) is 3.39. The maximum atomic E-state index is 13.0. The van der Waals surface area contributed by atoms with E-state index in [0.29, 0.717) is 19.4 Å². The molecule has 2 heterocycles. The number of hydrogen-bond donors (Lipinski definition) is 2. The molecule has 4 aliphatic rings. The van der Waals surface area contributed by atoms with Gasteiger partial charge in [-0.2, -0.15) is 0 Å². The molecule has 7 nitrogen and oxygen atoms in total. The molecule has 0 aromatic heterocycles. The minimum atomic E-state index is -1.08. The lowest BCUT2D eigenvalue weighted by atomic mass is 9.63. The van der Waals surface area contributed by atoms with Crippen molar-refractivity contribution in [2.45, 2.75) is 38.1 Å². The van der Waals surface area contributed by atoms with Crippen molar-refractivity contribution >= 4 is 18.0 Å². The molecule has 2 N–H and O–H groups in total. The minimum Gasteiger partial charge on any atom is -0.479 e. The van der Waals surface area contributed by atoms with Gasteiger partial charge < -0.3 is 20.1 Å². The Kier molecular flexibility index (Phi) is 4.96. The number of alkyl carbamates (subject to hydrolysis) is 1. The topological polar surface area (TPSA) is 95.9 Å². The van der Waals surface area contributed by atoms with Gasteiger partial charge in [-0.3, -0.25) is 4.79 Å². The fourth-order valence-corrected chi connectivity index (χ4v) is 5.99. The van der Waals surface area contributed by atoms with E-state index in [4.69, 9.17) is 4.74 Å². The van der Waals surface area contributed by atoms with E-state index >= 15 is 0 Å². The molecule has 2 bridgehead atoms. The fraction of sp³-hybridized carbons (Fsp3) is 0.423. The van der Waals surface area contributed by atoms with Gasteiger partial charge in [0, 0.05) is 19.0 Å². The average molecular weight is 449 g/mol. The molecular weight excluding hydrogens is 420 g/mol. The number of hydrogen-bond acceptors (Lipinski definition) is 4. The summed E-state index contributed by atoms with van der Waals surface area (Å²) in [5, 5.41) is 12.4. The second kappa shape index (κ2) is 7.61. The van der Waals surface area contributed by atoms with Crippen LogP contribution in [0.5, 0.6) is 0 Å². The summed E-state index contributed by atoms with van der Waals surface area (Å²) >= 11 is 0. The number of nitrogens with one attached hydrogen (secondary N) is 1. The smallest absolute Gasteiger partial charge is 0.407 e. The van der Waals surface area contributed by atoms with E-state index in [1.807, 2.05) is 31.2 Å². The Hall–Kier alpha value is -3.35. The van der Waals surface area contributed by atoms with Crippen LogP contribution in [0.3, 0.4) is 0 Å². The summed E-state index contributed by atoms with van der Waals surface area (Å²) in [6, 6.07) is 16.2. The Labute approximate surface area is 192 Å². The molecule has 0 radical (unpaired) electrons. The second-order valence-electron chi connectivity index (χ2n) is 10.0. The van der Waals surface area contributed by atoms with Crippen LogP contribution in [0.25, 0.3) is 11.1 Å². The van der Waals surface area contributed by atoms with Crippen molar-refractivity contribution in [2.75, 3.05) is 19.7 Å². The first-order valence-electron chi connectivity index (χ1n) is 11.4. The monoisotopic (exact) mass is 448 g/mol. The molecule has 3 fully saturated rings. The number of ether oxygens (including phenoxy) is 1. The van der Waals surface area contributed by atoms with Gasteiger partial charge in [-0.25, -0.2) is 9.59 Å². The van der Waals surface area contributed by atoms with Crippen LogP contribution in [-0.2, 0) is 14.3 Å². The molecule has 6 rings (SSSR count). The number of benzene rings is 2. The maximum absolute atomic E-state index is 13.0. The second-order valence-corrected chi connectivity index (χ2v) is 10.0. The number of carboxylic acids is 1. The van der Waals surface area contributed by atoms with Crippen molar-refractivity contribution < 1.29 is 24.2 Å². The van der Waals surface area contributed by atoms with E-state index in [-0.39, 0.29) is 30.4 Å². The zero-order chi connectivity index (χ0) is 23.4. The highest BCUT2D eigenvalue weighted by molar-refractivity contribution is 5.91. The highest BCUT2D eigenvalue weighted by atomic mass is 16.5. The summed E-state index contributed by atoms with van der Waals surface area (Å²) in [6.07, 6.45) is 0.406. The zero-order valence-corrected chi connectivity index (χ0v) is 18.8. The van der Waals surface area contributed by atoms with E-state index in [2.05, 4.69) is 29.6 Å². The highest BCUT2D eigenvalue weighted by Gasteiger charge is 2.68. The molecule has 2 aliphatic heterocycles. The zero-order valence-electron chi connectivity index (χ0n) is 18.8. The van der Waals surface area contributed by atoms with Crippen LogP contribution in [0.4, 0.5) is 4.79 Å². The van der Waals surface area contributed by atoms with Gasteiger partial charge in [0.2, 0.25) is 5.91 Å². The summed E-state index contributed by atoms with van der Waals surface area (Å²) in [7, 11) is 0. The number of nitrogens with zero attached hydrogens (tertiary/aromatic N) is 1. The number of carbonyl (C=O) groups is 3. The van der Waals surface area contributed by atoms with Crippen LogP contribution >= 0.6 is 0 Å². The van der Waals surface area contributed by atoms with Crippen LogP contribution < -0.4 is 5.32 Å². The normalized spacial score (nSPS) is 25.6. The number of amides is 2. The Bertz CT molecular complexity index is 1090. The molecule has 1 unspecified atom stereocenters. The van der Waals surface area contributed by atoms with Gasteiger partial charge in [0.05, 0.1) is 5.92 Å². The molecular formula is C26H28N2O5. The molecule has 2 aromatic rings. The van der Waals surface area contributed by atoms with E-state index in [1.54, 1.807) is 6.92 Å². The molecule has 1 saturated carbocycles. The van der Waals surface area contributed by atoms with Gasteiger partial charge in [-0.1, -0.05) is 62.4 Å². The van der Waals surface area contributed by atoms with Crippen molar-refractivity contribution in [1.29, 1.82) is 0 Å². The van der Waals surface area contributed by atoms with Gasteiger partial charge in [-0.15, -0.1) is 0 Å². The van der Waals surface area contributed by atoms with Crippen LogP contribution in [0, 0.1) is 11.3 Å². The quantitative estimate of drug-likeness (QED) is 0.704. The van der Waals surface area contributed by atoms with Gasteiger partial charge in [0.25, 0.3) is 0 Å². The fourth-order valence-electron chi connectivity index (χ4n) is 5.99. The number of aliphatic carboxylic acids is 1. The summed E-state index contributed by atoms with van der Waals surface area (Å²) in [5.74, 6) is -1.75. The van der Waals surface area contributed by atoms with E-state index in [9.17, 15) is 19.5 Å². The van der Waals surface area contributed by atoms with Crippen molar-refractivity contribution in [1.82, 2.24) is 10.2 Å². The minimum absolute atomic E-state index is 0.0326. The lowest BCUT2D eigenvalue weighted by Crippen LogP contribution is -2.57. The molecule has 2 aliphatic carbocycles. The number of carboxylic acid groups (broad SMARTS) is 1. The molecule has 2 aromatic carbocycles. The molecule has 2 saturated heterocycles. The Morgan fingerprint density at radius 3 is 2.24 bits per heavy atom. The van der Waals surface area contributed by atoms with Crippen molar-refractivity contribution in [3.63, 3.8) is 0 Å². The Balaban J connectivity index is 1.17. The van der Waals surface area contributed by atoms with Gasteiger partial charge in [0.15, 0.2) is 0 Å². The predicted molar refractivity (Wildman–Crippen MR) is 122 cm³/mol. The third-order valence-electron chi connectivity index (χ3n) is 7.48. The standard InChI is InChI=1S/C26H28N2O5/c1-16(22(29)28-15-25(2)13-26(28,14-25)23(30)31)11-27-24(32)33-12-21-19-9-5-3-7-17(19)18-8-4-6-10-20(18)21/h3-10,16,21H,11-15H2,1-2H3,(H,27,32)(H,30,31). The lowest BCUT2D eigenvalue weighted by Gasteiger charge is -2.43. The molecule has 2 amide bonds. The van der Waals surface area contributed by atoms with Crippen LogP contribution in [-0.4, -0.2) is 53.2 Å². The first kappa shape index (κ1) is 21.5. The summed E-state index contributed by atoms with van der Waals surface area (Å²) in [5.41, 5.74) is 3.39. The first-order valence-corrected chi connectivity index (χ1v) is 11.4. The van der Waals surface area contributed by atoms with Crippen LogP contribution in [0.1, 0.15) is 43.7 Å². The number of rotatable bonds is 6. The van der Waals surface area contributed by atoms with Gasteiger partial charge >= 0.3 is 12.1 Å². The van der Waals surface area contributed by atoms with E-state index < -0.39 is 23.5 Å². The lowest BCUT2D eigenvalue weighted by molar-refractivity contribution is -0.161. The summed E-state index contributed by atoms with van der Waals surface area (Å²) in [6.45, 7) is 4.47. The van der Waals surface area contributed by atoms with Gasteiger partial charge in [-0.05, 0) is 40.5 Å². The highest BCUT2D eigenvalue weighted by Crippen LogP contribution is 2.59. The SMILES string of the molecule is CC(CNC(=O)OCC1c2ccccc2-c2ccccc21)C(=O)N1CC2(C)CC1(C(=O)O)C2. The molecule has 1 atom stereocenters. The Morgan fingerprint density at radius 1 is 1.09 bits per heavy atom. The molecule has 172 valence electrons. The van der Waals surface area contributed by atoms with E-state index in [1.165, 1.54) is 4.90 Å². The molecule has 33 heavy (non-hydrogen) atoms. The van der Waals surface area contributed by atoms with E-state index in [0.717, 1.165) is 22.3 Å². The largest absolute Gasteiger partial charge is 0.479 e. The summed E-state index contributed by atoms with van der Waals surface area (Å²) in [4.78, 5) is 38.7. The first-order chi connectivity index (χ1) is 15.7. The Morgan fingerprint density at radius 2 is 1.67 bits per heavy atom. The third-order valence-corrected chi connectivity index (χ3v) is 7.48.